The maximum atomic E-state index is 13.1. The second-order valence-electron chi connectivity index (χ2n) is 7.47. The van der Waals surface area contributed by atoms with Gasteiger partial charge in [-0.1, -0.05) is 11.6 Å². The van der Waals surface area contributed by atoms with Crippen LogP contribution >= 0.6 is 11.6 Å². The molecule has 4 rings (SSSR count). The van der Waals surface area contributed by atoms with E-state index in [1.807, 2.05) is 0 Å². The number of ether oxygens (including phenoxy) is 1. The van der Waals surface area contributed by atoms with Crippen LogP contribution in [-0.2, 0) is 38.8 Å². The number of methoxy groups -OCH3 is 1. The second-order valence-corrected chi connectivity index (χ2v) is 9.84. The van der Waals surface area contributed by atoms with E-state index in [4.69, 9.17) is 16.3 Å². The number of nitrogens with one attached hydrogen (secondary N) is 1. The lowest BCUT2D eigenvalue weighted by molar-refractivity contribution is -0.139. The van der Waals surface area contributed by atoms with Crippen molar-refractivity contribution in [1.29, 1.82) is 0 Å². The van der Waals surface area contributed by atoms with Crippen LogP contribution in [0.2, 0.25) is 5.15 Å². The number of carbonyl (C=O) groups is 1. The maximum Gasteiger partial charge on any atom is 0.310 e. The molecule has 1 aliphatic heterocycles. The minimum absolute atomic E-state index is 0.0718. The molecule has 0 spiro atoms. The Morgan fingerprint density at radius 1 is 1.35 bits per heavy atom. The van der Waals surface area contributed by atoms with E-state index in [-0.39, 0.29) is 29.2 Å². The van der Waals surface area contributed by atoms with Crippen LogP contribution in [0.4, 0.5) is 4.39 Å². The third-order valence-corrected chi connectivity index (χ3v) is 7.30. The van der Waals surface area contributed by atoms with E-state index in [9.17, 15) is 17.6 Å². The quantitative estimate of drug-likeness (QED) is 0.342. The minimum atomic E-state index is -3.60. The summed E-state index contributed by atoms with van der Waals surface area (Å²) < 4.78 is 45.2. The Bertz CT molecular complexity index is 1240. The molecule has 7 nitrogen and oxygen atoms in total. The van der Waals surface area contributed by atoms with E-state index in [0.717, 1.165) is 34.3 Å². The zero-order chi connectivity index (χ0) is 22.2. The number of carbonyl (C=O) groups excluding carboxylic acids is 1. The van der Waals surface area contributed by atoms with Gasteiger partial charge in [-0.15, -0.1) is 0 Å². The molecule has 0 radical (unpaired) electrons. The molecule has 0 saturated carbocycles. The van der Waals surface area contributed by atoms with Gasteiger partial charge >= 0.3 is 5.97 Å². The number of halogens is 2. The Labute approximate surface area is 184 Å². The molecule has 1 unspecified atom stereocenters. The molecule has 1 atom stereocenters. The second kappa shape index (κ2) is 8.57. The van der Waals surface area contributed by atoms with E-state index in [1.165, 1.54) is 19.2 Å². The Kier molecular flexibility index (Phi) is 6.00. The minimum Gasteiger partial charge on any atom is -0.469 e. The summed E-state index contributed by atoms with van der Waals surface area (Å²) in [5.41, 5.74) is 2.72. The molecule has 31 heavy (non-hydrogen) atoms. The van der Waals surface area contributed by atoms with E-state index < -0.39 is 15.7 Å². The summed E-state index contributed by atoms with van der Waals surface area (Å²) in [6.45, 7) is 0.520. The number of rotatable bonds is 6. The summed E-state index contributed by atoms with van der Waals surface area (Å²) in [5, 5.41) is 4.29. The van der Waals surface area contributed by atoms with Gasteiger partial charge in [-0.05, 0) is 48.7 Å². The average molecular weight is 466 g/mol. The zero-order valence-corrected chi connectivity index (χ0v) is 18.3. The molecule has 0 bridgehead atoms. The molecule has 0 aliphatic carbocycles. The first-order valence-corrected chi connectivity index (χ1v) is 11.8. The van der Waals surface area contributed by atoms with Crippen molar-refractivity contribution >= 4 is 38.3 Å². The number of fused-ring (bicyclic) bond motifs is 3. The lowest BCUT2D eigenvalue weighted by atomic mass is 10.0. The topological polar surface area (TPSA) is 90.3 Å². The lowest BCUT2D eigenvalue weighted by Gasteiger charge is -2.27. The highest BCUT2D eigenvalue weighted by Gasteiger charge is 2.27. The third-order valence-electron chi connectivity index (χ3n) is 5.55. The molecule has 0 fully saturated rings. The average Bonchev–Trinajstić information content (AvgIpc) is 3.05. The monoisotopic (exact) mass is 465 g/mol. The Hall–Kier alpha value is -2.49. The number of hydrogen-bond donors (Lipinski definition) is 1. The highest BCUT2D eigenvalue weighted by molar-refractivity contribution is 7.91. The first-order chi connectivity index (χ1) is 14.8. The van der Waals surface area contributed by atoms with Crippen molar-refractivity contribution in [3.8, 4) is 0 Å². The van der Waals surface area contributed by atoms with Gasteiger partial charge in [-0.3, -0.25) is 10.1 Å². The molecule has 164 valence electrons. The van der Waals surface area contributed by atoms with Crippen molar-refractivity contribution in [3.05, 3.63) is 58.8 Å². The molecular formula is C21H21ClFN3O4S. The number of esters is 1. The van der Waals surface area contributed by atoms with Gasteiger partial charge in [0.2, 0.25) is 0 Å². The molecule has 0 saturated heterocycles. The van der Waals surface area contributed by atoms with Crippen LogP contribution in [0.15, 0.2) is 41.4 Å². The number of nitrogens with zero attached hydrogens (tertiary/aromatic N) is 2. The van der Waals surface area contributed by atoms with Crippen molar-refractivity contribution in [2.24, 2.45) is 0 Å². The number of pyridine rings is 1. The molecule has 0 amide bonds. The van der Waals surface area contributed by atoms with Crippen LogP contribution in [0, 0.1) is 5.82 Å². The van der Waals surface area contributed by atoms with Crippen molar-refractivity contribution < 1.29 is 22.3 Å². The van der Waals surface area contributed by atoms with Gasteiger partial charge in [-0.2, -0.15) is 0 Å². The van der Waals surface area contributed by atoms with Gasteiger partial charge in [0.15, 0.2) is 9.84 Å². The zero-order valence-electron chi connectivity index (χ0n) is 16.8. The molecule has 1 aromatic carbocycles. The number of benzene rings is 1. The fraction of sp³-hybridized carbons (Fsp3) is 0.333. The van der Waals surface area contributed by atoms with Gasteiger partial charge in [-0.25, -0.2) is 17.8 Å². The van der Waals surface area contributed by atoms with E-state index in [2.05, 4.69) is 14.9 Å². The summed E-state index contributed by atoms with van der Waals surface area (Å²) in [5.74, 6) is -1.08. The van der Waals surface area contributed by atoms with Gasteiger partial charge in [0.05, 0.1) is 23.9 Å². The van der Waals surface area contributed by atoms with Gasteiger partial charge in [0, 0.05) is 29.9 Å². The Balaban J connectivity index is 1.57. The Morgan fingerprint density at radius 3 is 2.81 bits per heavy atom. The molecule has 3 aromatic rings. The van der Waals surface area contributed by atoms with Crippen LogP contribution < -0.4 is 5.32 Å². The van der Waals surface area contributed by atoms with Crippen LogP contribution in [0.3, 0.4) is 0 Å². The maximum absolute atomic E-state index is 13.1. The lowest BCUT2D eigenvalue weighted by Crippen LogP contribution is -2.40. The molecular weight excluding hydrogens is 445 g/mol. The SMILES string of the molecule is COC(=O)Cc1c2n(c3cc(Cl)ncc13)CC(NCS(=O)(=O)c1ccc(F)cc1)CC2. The summed E-state index contributed by atoms with van der Waals surface area (Å²) in [7, 11) is -2.25. The number of hydrogen-bond acceptors (Lipinski definition) is 6. The molecule has 2 aromatic heterocycles. The number of aromatic nitrogens is 2. The number of sulfone groups is 1. The summed E-state index contributed by atoms with van der Waals surface area (Å²) in [6.07, 6.45) is 3.15. The molecule has 1 N–H and O–H groups in total. The highest BCUT2D eigenvalue weighted by atomic mass is 35.5. The molecule has 1 aliphatic rings. The highest BCUT2D eigenvalue weighted by Crippen LogP contribution is 2.32. The van der Waals surface area contributed by atoms with Crippen molar-refractivity contribution in [2.45, 2.75) is 36.7 Å². The van der Waals surface area contributed by atoms with Gasteiger partial charge < -0.3 is 9.30 Å². The van der Waals surface area contributed by atoms with Gasteiger partial charge in [0.25, 0.3) is 0 Å². The van der Waals surface area contributed by atoms with Crippen molar-refractivity contribution in [3.63, 3.8) is 0 Å². The van der Waals surface area contributed by atoms with Crippen LogP contribution in [0.5, 0.6) is 0 Å². The smallest absolute Gasteiger partial charge is 0.310 e. The largest absolute Gasteiger partial charge is 0.469 e. The predicted octanol–water partition coefficient (Wildman–Crippen LogP) is 2.88. The fourth-order valence-electron chi connectivity index (χ4n) is 3.99. The standard InChI is InChI=1S/C21H21ClFN3O4S/c1-30-21(27)8-16-17-10-24-20(22)9-19(17)26-11-14(4-7-18(16)26)25-12-31(28,29)15-5-2-13(23)3-6-15/h2-3,5-6,9-10,14,25H,4,7-8,11-12H2,1H3. The van der Waals surface area contributed by atoms with Crippen molar-refractivity contribution in [1.82, 2.24) is 14.9 Å². The first-order valence-electron chi connectivity index (χ1n) is 9.72. The summed E-state index contributed by atoms with van der Waals surface area (Å²) >= 11 is 6.10. The normalized spacial score (nSPS) is 16.3. The Morgan fingerprint density at radius 2 is 2.10 bits per heavy atom. The molecule has 3 heterocycles. The molecule has 10 heteroatoms. The predicted molar refractivity (Wildman–Crippen MR) is 114 cm³/mol. The van der Waals surface area contributed by atoms with E-state index in [1.54, 1.807) is 12.3 Å². The summed E-state index contributed by atoms with van der Waals surface area (Å²) in [4.78, 5) is 16.2. The third kappa shape index (κ3) is 4.44. The fourth-order valence-corrected chi connectivity index (χ4v) is 5.31. The van der Waals surface area contributed by atoms with E-state index >= 15 is 0 Å². The van der Waals surface area contributed by atoms with Crippen LogP contribution in [-0.4, -0.2) is 43.0 Å². The summed E-state index contributed by atoms with van der Waals surface area (Å²) in [6, 6.07) is 6.44. The van der Waals surface area contributed by atoms with Crippen LogP contribution in [0.1, 0.15) is 17.7 Å². The van der Waals surface area contributed by atoms with E-state index in [0.29, 0.717) is 24.5 Å². The van der Waals surface area contributed by atoms with Crippen LogP contribution in [0.25, 0.3) is 10.9 Å². The first kappa shape index (κ1) is 21.7. The van der Waals surface area contributed by atoms with Crippen molar-refractivity contribution in [2.75, 3.05) is 13.0 Å². The van der Waals surface area contributed by atoms with Gasteiger partial charge in [0.1, 0.15) is 16.8 Å².